The van der Waals surface area contributed by atoms with Gasteiger partial charge in [0.25, 0.3) is 5.69 Å². The molecular formula is C16H17BrN4O3. The molecule has 1 aromatic carbocycles. The molecule has 1 heterocycles. The Morgan fingerprint density at radius 1 is 1.46 bits per heavy atom. The minimum Gasteiger partial charge on any atom is -0.490 e. The van der Waals surface area contributed by atoms with Crippen LogP contribution in [0.25, 0.3) is 0 Å². The van der Waals surface area contributed by atoms with Gasteiger partial charge in [0, 0.05) is 6.07 Å². The monoisotopic (exact) mass is 392 g/mol. The number of hydrogen-bond acceptors (Lipinski definition) is 6. The molecule has 0 saturated carbocycles. The van der Waals surface area contributed by atoms with Gasteiger partial charge in [-0.1, -0.05) is 6.92 Å². The van der Waals surface area contributed by atoms with E-state index in [-0.39, 0.29) is 11.8 Å². The summed E-state index contributed by atoms with van der Waals surface area (Å²) in [6.07, 6.45) is 3.88. The van der Waals surface area contributed by atoms with Crippen molar-refractivity contribution in [1.82, 2.24) is 4.98 Å². The maximum absolute atomic E-state index is 10.6. The highest BCUT2D eigenvalue weighted by Crippen LogP contribution is 2.26. The smallest absolute Gasteiger partial charge is 0.287 e. The van der Waals surface area contributed by atoms with Crippen molar-refractivity contribution in [1.29, 1.82) is 0 Å². The zero-order chi connectivity index (χ0) is 17.5. The minimum atomic E-state index is -0.499. The summed E-state index contributed by atoms with van der Waals surface area (Å²) in [4.78, 5) is 14.0. The van der Waals surface area contributed by atoms with Gasteiger partial charge in [-0.25, -0.2) is 4.98 Å². The molecule has 126 valence electrons. The van der Waals surface area contributed by atoms with E-state index in [1.807, 2.05) is 25.1 Å². The lowest BCUT2D eigenvalue weighted by molar-refractivity contribution is -0.385. The van der Waals surface area contributed by atoms with Gasteiger partial charge in [-0.2, -0.15) is 5.10 Å². The summed E-state index contributed by atoms with van der Waals surface area (Å²) in [5.41, 5.74) is 3.53. The molecule has 0 aliphatic carbocycles. The van der Waals surface area contributed by atoms with Crippen molar-refractivity contribution in [2.75, 3.05) is 5.43 Å². The second-order valence-corrected chi connectivity index (χ2v) is 5.91. The van der Waals surface area contributed by atoms with Gasteiger partial charge in [-0.15, -0.1) is 0 Å². The molecule has 0 unspecified atom stereocenters. The second-order valence-electron chi connectivity index (χ2n) is 5.06. The summed E-state index contributed by atoms with van der Waals surface area (Å²) in [5, 5.41) is 14.6. The van der Waals surface area contributed by atoms with Crippen LogP contribution in [0.3, 0.4) is 0 Å². The number of anilines is 1. The van der Waals surface area contributed by atoms with Crippen LogP contribution >= 0.6 is 15.9 Å². The quantitative estimate of drug-likeness (QED) is 0.429. The molecule has 8 heteroatoms. The molecule has 0 saturated heterocycles. The Morgan fingerprint density at radius 2 is 2.25 bits per heavy atom. The van der Waals surface area contributed by atoms with Crippen LogP contribution < -0.4 is 10.2 Å². The van der Waals surface area contributed by atoms with Gasteiger partial charge in [0.05, 0.1) is 21.7 Å². The fourth-order valence-electron chi connectivity index (χ4n) is 1.73. The first-order chi connectivity index (χ1) is 11.5. The summed E-state index contributed by atoms with van der Waals surface area (Å²) < 4.78 is 6.63. The normalized spacial score (nSPS) is 12.1. The summed E-state index contributed by atoms with van der Waals surface area (Å²) in [7, 11) is 0. The van der Waals surface area contributed by atoms with Gasteiger partial charge in [-0.05, 0) is 59.1 Å². The van der Waals surface area contributed by atoms with Crippen molar-refractivity contribution < 1.29 is 9.66 Å². The first kappa shape index (κ1) is 17.9. The molecule has 1 aromatic heterocycles. The van der Waals surface area contributed by atoms with E-state index in [0.29, 0.717) is 5.82 Å². The number of aromatic nitrogens is 1. The largest absolute Gasteiger partial charge is 0.490 e. The van der Waals surface area contributed by atoms with Gasteiger partial charge in [0.15, 0.2) is 0 Å². The third kappa shape index (κ3) is 5.02. The van der Waals surface area contributed by atoms with E-state index in [0.717, 1.165) is 22.2 Å². The number of rotatable bonds is 7. The Kier molecular flexibility index (Phi) is 6.25. The molecule has 1 N–H and O–H groups in total. The number of hydrazone groups is 1. The van der Waals surface area contributed by atoms with Crippen molar-refractivity contribution in [3.05, 3.63) is 56.7 Å². The number of pyridine rings is 1. The van der Waals surface area contributed by atoms with Crippen LogP contribution in [0.2, 0.25) is 0 Å². The fourth-order valence-corrected chi connectivity index (χ4v) is 2.22. The van der Waals surface area contributed by atoms with Crippen molar-refractivity contribution in [3.8, 4) is 5.75 Å². The molecule has 0 amide bonds. The van der Waals surface area contributed by atoms with Crippen LogP contribution in [-0.4, -0.2) is 22.2 Å². The molecule has 2 aromatic rings. The highest BCUT2D eigenvalue weighted by molar-refractivity contribution is 9.10. The van der Waals surface area contributed by atoms with Crippen molar-refractivity contribution in [3.63, 3.8) is 0 Å². The summed E-state index contributed by atoms with van der Waals surface area (Å²) in [6, 6.07) is 8.52. The average Bonchev–Trinajstić information content (AvgIpc) is 2.57. The second kappa shape index (κ2) is 8.39. The number of hydrogen-bond donors (Lipinski definition) is 1. The molecular weight excluding hydrogens is 376 g/mol. The molecule has 7 nitrogen and oxygen atoms in total. The number of nitrogens with zero attached hydrogens (tertiary/aromatic N) is 3. The Labute approximate surface area is 148 Å². The van der Waals surface area contributed by atoms with Crippen LogP contribution in [0.15, 0.2) is 46.1 Å². The van der Waals surface area contributed by atoms with Crippen LogP contribution in [0.4, 0.5) is 11.5 Å². The van der Waals surface area contributed by atoms with Crippen molar-refractivity contribution in [2.45, 2.75) is 26.4 Å². The number of halogens is 1. The van der Waals surface area contributed by atoms with Gasteiger partial charge < -0.3 is 4.74 Å². The first-order valence-corrected chi connectivity index (χ1v) is 8.14. The lowest BCUT2D eigenvalue weighted by atomic mass is 10.2. The molecule has 2 rings (SSSR count). The maximum Gasteiger partial charge on any atom is 0.287 e. The number of nitro groups is 1. The lowest BCUT2D eigenvalue weighted by Gasteiger charge is -2.14. The van der Waals surface area contributed by atoms with E-state index < -0.39 is 4.92 Å². The average molecular weight is 393 g/mol. The predicted molar refractivity (Wildman–Crippen MR) is 96.6 cm³/mol. The number of ether oxygens (including phenoxy) is 1. The predicted octanol–water partition coefficient (Wildman–Crippen LogP) is 4.38. The Bertz CT molecular complexity index is 735. The SMILES string of the molecule is CC[C@H](C)Oc1ccc(/C=N/Nc2ccc([N+](=O)[O-])cn2)cc1Br. The lowest BCUT2D eigenvalue weighted by Crippen LogP contribution is -2.10. The first-order valence-electron chi connectivity index (χ1n) is 7.35. The molecule has 0 bridgehead atoms. The topological polar surface area (TPSA) is 89.6 Å². The van der Waals surface area contributed by atoms with E-state index in [2.05, 4.69) is 38.4 Å². The Balaban J connectivity index is 1.99. The third-order valence-corrected chi connectivity index (χ3v) is 3.83. The van der Waals surface area contributed by atoms with E-state index >= 15 is 0 Å². The summed E-state index contributed by atoms with van der Waals surface area (Å²) >= 11 is 3.48. The van der Waals surface area contributed by atoms with E-state index in [1.165, 1.54) is 18.3 Å². The molecule has 1 atom stereocenters. The van der Waals surface area contributed by atoms with Gasteiger partial charge in [0.2, 0.25) is 0 Å². The molecule has 0 radical (unpaired) electrons. The standard InChI is InChI=1S/C16H17BrN4O3/c1-3-11(2)24-15-6-4-12(8-14(15)17)9-19-20-16-7-5-13(10-18-16)21(22)23/h4-11H,3H2,1-2H3,(H,18,20)/b19-9+/t11-/m0/s1. The number of nitrogens with one attached hydrogen (secondary N) is 1. The van der Waals surface area contributed by atoms with E-state index in [4.69, 9.17) is 4.74 Å². The van der Waals surface area contributed by atoms with Crippen molar-refractivity contribution in [2.24, 2.45) is 5.10 Å². The Morgan fingerprint density at radius 3 is 2.83 bits per heavy atom. The zero-order valence-electron chi connectivity index (χ0n) is 13.3. The maximum atomic E-state index is 10.6. The van der Waals surface area contributed by atoms with Gasteiger partial charge in [-0.3, -0.25) is 15.5 Å². The van der Waals surface area contributed by atoms with Crippen LogP contribution in [-0.2, 0) is 0 Å². The molecule has 0 aliphatic rings. The van der Waals surface area contributed by atoms with Crippen LogP contribution in [0.5, 0.6) is 5.75 Å². The van der Waals surface area contributed by atoms with E-state index in [9.17, 15) is 10.1 Å². The third-order valence-electron chi connectivity index (χ3n) is 3.21. The minimum absolute atomic E-state index is 0.0645. The molecule has 0 aliphatic heterocycles. The van der Waals surface area contributed by atoms with Crippen LogP contribution in [0.1, 0.15) is 25.8 Å². The zero-order valence-corrected chi connectivity index (χ0v) is 14.9. The highest BCUT2D eigenvalue weighted by Gasteiger charge is 2.06. The fraction of sp³-hybridized carbons (Fsp3) is 0.250. The summed E-state index contributed by atoms with van der Waals surface area (Å²) in [5.74, 6) is 1.21. The van der Waals surface area contributed by atoms with Crippen LogP contribution in [0, 0.1) is 10.1 Å². The molecule has 24 heavy (non-hydrogen) atoms. The molecule has 0 fully saturated rings. The Hall–Kier alpha value is -2.48. The van der Waals surface area contributed by atoms with Crippen molar-refractivity contribution >= 4 is 33.6 Å². The highest BCUT2D eigenvalue weighted by atomic mass is 79.9. The van der Waals surface area contributed by atoms with E-state index in [1.54, 1.807) is 6.21 Å². The summed E-state index contributed by atoms with van der Waals surface area (Å²) in [6.45, 7) is 4.08. The number of benzene rings is 1. The van der Waals surface area contributed by atoms with Gasteiger partial charge in [0.1, 0.15) is 17.8 Å². The molecule has 0 spiro atoms. The van der Waals surface area contributed by atoms with Gasteiger partial charge >= 0.3 is 0 Å².